The van der Waals surface area contributed by atoms with Crippen LogP contribution in [0, 0.1) is 6.92 Å². The second-order valence-corrected chi connectivity index (χ2v) is 6.68. The zero-order chi connectivity index (χ0) is 13.2. The maximum Gasteiger partial charge on any atom is 0.157 e. The number of nitrogens with zero attached hydrogens (tertiary/aromatic N) is 2. The van der Waals surface area contributed by atoms with Gasteiger partial charge in [0.05, 0.1) is 27.9 Å². The van der Waals surface area contributed by atoms with Gasteiger partial charge in [-0.2, -0.15) is 5.10 Å². The van der Waals surface area contributed by atoms with Crippen molar-refractivity contribution in [3.8, 4) is 0 Å². The van der Waals surface area contributed by atoms with E-state index in [1.165, 1.54) is 0 Å². The Morgan fingerprint density at radius 2 is 2.12 bits per heavy atom. The molecule has 0 aliphatic carbocycles. The van der Waals surface area contributed by atoms with E-state index in [2.05, 4.69) is 5.10 Å². The number of hydrogen-bond donors (Lipinski definition) is 1. The molecule has 0 aromatic carbocycles. The van der Waals surface area contributed by atoms with E-state index in [4.69, 9.17) is 17.3 Å². The van der Waals surface area contributed by atoms with Crippen molar-refractivity contribution in [1.82, 2.24) is 9.78 Å². The van der Waals surface area contributed by atoms with E-state index in [1.807, 2.05) is 6.92 Å². The lowest BCUT2D eigenvalue weighted by Crippen LogP contribution is -2.27. The van der Waals surface area contributed by atoms with E-state index in [0.29, 0.717) is 23.0 Å². The summed E-state index contributed by atoms with van der Waals surface area (Å²) in [7, 11) is -3.25. The fourth-order valence-electron chi connectivity index (χ4n) is 1.67. The highest BCUT2D eigenvalue weighted by Crippen LogP contribution is 2.22. The first-order valence-electron chi connectivity index (χ1n) is 5.44. The minimum Gasteiger partial charge on any atom is -0.327 e. The standard InChI is InChI=1S/C10H18ClN3O2S/c1-4-14-9(10(11)8(3)13-14)6-17(15,16)5-7(2)12/h7H,4-6,12H2,1-3H3. The van der Waals surface area contributed by atoms with Crippen molar-refractivity contribution in [1.29, 1.82) is 0 Å². The van der Waals surface area contributed by atoms with Gasteiger partial charge in [-0.25, -0.2) is 8.42 Å². The molecule has 1 heterocycles. The minimum atomic E-state index is -3.25. The molecule has 0 amide bonds. The molecule has 0 fully saturated rings. The highest BCUT2D eigenvalue weighted by molar-refractivity contribution is 7.90. The Morgan fingerprint density at radius 3 is 2.59 bits per heavy atom. The normalized spacial score (nSPS) is 13.9. The number of aromatic nitrogens is 2. The van der Waals surface area contributed by atoms with Gasteiger partial charge in [0.15, 0.2) is 9.84 Å². The molecule has 17 heavy (non-hydrogen) atoms. The van der Waals surface area contributed by atoms with Gasteiger partial charge in [0.25, 0.3) is 0 Å². The Kier molecular flexibility index (Phi) is 4.57. The van der Waals surface area contributed by atoms with Crippen LogP contribution in [0.3, 0.4) is 0 Å². The molecule has 1 rings (SSSR count). The Bertz CT molecular complexity index is 494. The first-order chi connectivity index (χ1) is 7.76. The molecule has 0 spiro atoms. The molecular weight excluding hydrogens is 262 g/mol. The molecule has 7 heteroatoms. The monoisotopic (exact) mass is 279 g/mol. The third kappa shape index (κ3) is 3.69. The van der Waals surface area contributed by atoms with Crippen LogP contribution < -0.4 is 5.73 Å². The molecule has 0 radical (unpaired) electrons. The van der Waals surface area contributed by atoms with Crippen LogP contribution >= 0.6 is 11.6 Å². The summed E-state index contributed by atoms with van der Waals surface area (Å²) in [4.78, 5) is 0. The van der Waals surface area contributed by atoms with Gasteiger partial charge in [-0.3, -0.25) is 4.68 Å². The summed E-state index contributed by atoms with van der Waals surface area (Å²) < 4.78 is 25.3. The number of aryl methyl sites for hydroxylation is 2. The molecule has 98 valence electrons. The van der Waals surface area contributed by atoms with Gasteiger partial charge < -0.3 is 5.73 Å². The highest BCUT2D eigenvalue weighted by atomic mass is 35.5. The van der Waals surface area contributed by atoms with E-state index in [9.17, 15) is 8.42 Å². The molecule has 0 saturated carbocycles. The number of hydrogen-bond acceptors (Lipinski definition) is 4. The van der Waals surface area contributed by atoms with Crippen molar-refractivity contribution in [2.45, 2.75) is 39.1 Å². The van der Waals surface area contributed by atoms with Crippen molar-refractivity contribution >= 4 is 21.4 Å². The molecule has 0 saturated heterocycles. The lowest BCUT2D eigenvalue weighted by molar-refractivity contribution is 0.580. The second-order valence-electron chi connectivity index (χ2n) is 4.19. The molecule has 1 unspecified atom stereocenters. The predicted octanol–water partition coefficient (Wildman–Crippen LogP) is 1.13. The van der Waals surface area contributed by atoms with E-state index in [0.717, 1.165) is 0 Å². The van der Waals surface area contributed by atoms with Gasteiger partial charge in [-0.15, -0.1) is 0 Å². The molecule has 1 atom stereocenters. The average Bonchev–Trinajstić information content (AvgIpc) is 2.43. The summed E-state index contributed by atoms with van der Waals surface area (Å²) in [5.74, 6) is -0.153. The molecule has 5 nitrogen and oxygen atoms in total. The fourth-order valence-corrected chi connectivity index (χ4v) is 3.58. The van der Waals surface area contributed by atoms with Crippen molar-refractivity contribution in [2.24, 2.45) is 5.73 Å². The number of nitrogens with two attached hydrogens (primary N) is 1. The van der Waals surface area contributed by atoms with Crippen LogP contribution in [0.25, 0.3) is 0 Å². The molecule has 0 aliphatic rings. The van der Waals surface area contributed by atoms with Crippen LogP contribution in [0.15, 0.2) is 0 Å². The van der Waals surface area contributed by atoms with Gasteiger partial charge in [0, 0.05) is 12.6 Å². The molecule has 1 aromatic heterocycles. The largest absolute Gasteiger partial charge is 0.327 e. The smallest absolute Gasteiger partial charge is 0.157 e. The minimum absolute atomic E-state index is 0.0444. The van der Waals surface area contributed by atoms with Crippen LogP contribution in [-0.2, 0) is 22.1 Å². The van der Waals surface area contributed by atoms with Gasteiger partial charge in [-0.1, -0.05) is 11.6 Å². The molecule has 0 aliphatic heterocycles. The summed E-state index contributed by atoms with van der Waals surface area (Å²) in [5, 5.41) is 4.61. The first-order valence-corrected chi connectivity index (χ1v) is 7.64. The molecule has 0 bridgehead atoms. The highest BCUT2D eigenvalue weighted by Gasteiger charge is 2.21. The van der Waals surface area contributed by atoms with Crippen molar-refractivity contribution in [3.63, 3.8) is 0 Å². The van der Waals surface area contributed by atoms with Gasteiger partial charge in [0.2, 0.25) is 0 Å². The van der Waals surface area contributed by atoms with Crippen molar-refractivity contribution in [2.75, 3.05) is 5.75 Å². The molecule has 2 N–H and O–H groups in total. The summed E-state index contributed by atoms with van der Waals surface area (Å²) in [6, 6.07) is -0.377. The quantitative estimate of drug-likeness (QED) is 0.876. The van der Waals surface area contributed by atoms with Crippen LogP contribution in [0.2, 0.25) is 5.02 Å². The Hall–Kier alpha value is -0.590. The summed E-state index contributed by atoms with van der Waals surface area (Å²) in [5.41, 5.74) is 6.71. The van der Waals surface area contributed by atoms with Gasteiger partial charge >= 0.3 is 0 Å². The lowest BCUT2D eigenvalue weighted by Gasteiger charge is -2.08. The Labute approximate surface area is 107 Å². The number of rotatable bonds is 5. The molecular formula is C10H18ClN3O2S. The zero-order valence-electron chi connectivity index (χ0n) is 10.3. The third-order valence-corrected chi connectivity index (χ3v) is 4.56. The lowest BCUT2D eigenvalue weighted by atomic mass is 10.4. The van der Waals surface area contributed by atoms with Crippen LogP contribution in [0.5, 0.6) is 0 Å². The fraction of sp³-hybridized carbons (Fsp3) is 0.700. The van der Waals surface area contributed by atoms with E-state index in [1.54, 1.807) is 18.5 Å². The van der Waals surface area contributed by atoms with Gasteiger partial charge in [0.1, 0.15) is 0 Å². The van der Waals surface area contributed by atoms with Crippen molar-refractivity contribution < 1.29 is 8.42 Å². The maximum absolute atomic E-state index is 11.9. The summed E-state index contributed by atoms with van der Waals surface area (Å²) in [6.45, 7) is 5.92. The topological polar surface area (TPSA) is 78.0 Å². The maximum atomic E-state index is 11.9. The van der Waals surface area contributed by atoms with E-state index < -0.39 is 9.84 Å². The van der Waals surface area contributed by atoms with E-state index in [-0.39, 0.29) is 17.5 Å². The van der Waals surface area contributed by atoms with Crippen LogP contribution in [-0.4, -0.2) is 30.0 Å². The van der Waals surface area contributed by atoms with Crippen LogP contribution in [0.4, 0.5) is 0 Å². The second kappa shape index (κ2) is 5.37. The third-order valence-electron chi connectivity index (χ3n) is 2.33. The summed E-state index contributed by atoms with van der Waals surface area (Å²) >= 11 is 6.06. The SMILES string of the molecule is CCn1nc(C)c(Cl)c1CS(=O)(=O)CC(C)N. The number of halogens is 1. The van der Waals surface area contributed by atoms with Gasteiger partial charge in [-0.05, 0) is 20.8 Å². The predicted molar refractivity (Wildman–Crippen MR) is 68.8 cm³/mol. The number of sulfone groups is 1. The zero-order valence-corrected chi connectivity index (χ0v) is 11.8. The van der Waals surface area contributed by atoms with Crippen molar-refractivity contribution in [3.05, 3.63) is 16.4 Å². The van der Waals surface area contributed by atoms with E-state index >= 15 is 0 Å². The van der Waals surface area contributed by atoms with Crippen LogP contribution in [0.1, 0.15) is 25.2 Å². The molecule has 1 aromatic rings. The Morgan fingerprint density at radius 1 is 1.53 bits per heavy atom. The summed E-state index contributed by atoms with van der Waals surface area (Å²) in [6.07, 6.45) is 0. The Balaban J connectivity index is 3.03. The first kappa shape index (κ1) is 14.5. The average molecular weight is 280 g/mol.